The minimum absolute atomic E-state index is 0.0336. The van der Waals surface area contributed by atoms with E-state index in [1.165, 1.54) is 18.3 Å². The van der Waals surface area contributed by atoms with Gasteiger partial charge in [-0.15, -0.1) is 21.5 Å². The lowest BCUT2D eigenvalue weighted by Gasteiger charge is -2.00. The summed E-state index contributed by atoms with van der Waals surface area (Å²) in [6.07, 6.45) is 1.74. The smallest absolute Gasteiger partial charge is 0.244 e. The molecule has 0 amide bonds. The number of nitrogens with zero attached hydrogens (tertiary/aromatic N) is 3. The molecule has 0 saturated heterocycles. The molecule has 0 atom stereocenters. The third kappa shape index (κ3) is 4.04. The van der Waals surface area contributed by atoms with Gasteiger partial charge in [0.1, 0.15) is 5.76 Å². The zero-order valence-corrected chi connectivity index (χ0v) is 14.1. The summed E-state index contributed by atoms with van der Waals surface area (Å²) in [6.45, 7) is 1.53. The van der Waals surface area contributed by atoms with Crippen molar-refractivity contribution in [2.24, 2.45) is 0 Å². The fraction of sp³-hybridized carbons (Fsp3) is 0.118. The maximum absolute atomic E-state index is 11.8. The maximum atomic E-state index is 11.8. The molecule has 1 aromatic carbocycles. The number of aliphatic hydroxyl groups excluding tert-OH is 1. The van der Waals surface area contributed by atoms with Crippen LogP contribution < -0.4 is 0 Å². The van der Waals surface area contributed by atoms with Crippen LogP contribution in [0.25, 0.3) is 5.76 Å². The predicted molar refractivity (Wildman–Crippen MR) is 92.7 cm³/mol. The molecule has 3 rings (SSSR count). The summed E-state index contributed by atoms with van der Waals surface area (Å²) in [4.78, 5) is 24.1. The first-order chi connectivity index (χ1) is 12.0. The largest absolute Gasteiger partial charge is 0.507 e. The highest BCUT2D eigenvalue weighted by molar-refractivity contribution is 7.10. The zero-order valence-electron chi connectivity index (χ0n) is 13.3. The van der Waals surface area contributed by atoms with Crippen LogP contribution in [0, 0.1) is 0 Å². The summed E-state index contributed by atoms with van der Waals surface area (Å²) in [5, 5.41) is 24.5. The molecule has 0 radical (unpaired) electrons. The van der Waals surface area contributed by atoms with Crippen molar-refractivity contribution in [3.8, 4) is 0 Å². The second kappa shape index (κ2) is 7.18. The summed E-state index contributed by atoms with van der Waals surface area (Å²) < 4.78 is 0. The summed E-state index contributed by atoms with van der Waals surface area (Å²) >= 11 is 1.48. The molecule has 0 saturated carbocycles. The average molecular weight is 354 g/mol. The van der Waals surface area contributed by atoms with Crippen molar-refractivity contribution in [1.29, 1.82) is 0 Å². The monoisotopic (exact) mass is 354 g/mol. The van der Waals surface area contributed by atoms with E-state index in [1.54, 1.807) is 17.5 Å². The molecule has 0 bridgehead atoms. The minimum atomic E-state index is -0.529. The van der Waals surface area contributed by atoms with E-state index in [1.807, 2.05) is 18.2 Å². The number of tetrazole rings is 1. The lowest BCUT2D eigenvalue weighted by molar-refractivity contribution is 0.101. The number of aromatic amines is 1. The Kier molecular flexibility index (Phi) is 4.80. The Labute approximate surface area is 147 Å². The van der Waals surface area contributed by atoms with E-state index < -0.39 is 5.78 Å². The van der Waals surface area contributed by atoms with Gasteiger partial charge >= 0.3 is 0 Å². The number of nitrogens with one attached hydrogen (secondary N) is 1. The Hall–Kier alpha value is -3.13. The van der Waals surface area contributed by atoms with E-state index in [-0.39, 0.29) is 17.4 Å². The highest BCUT2D eigenvalue weighted by Gasteiger charge is 2.12. The molecule has 0 spiro atoms. The standard InChI is InChI=1S/C17H14N4O3S/c1-10(22)12-4-2-11(3-5-12)6-14-7-13(9-25-14)15(23)8-16(24)17-18-20-21-19-17/h2-5,7-9,23H,6H2,1H3,(H,18,19,20,21). The molecule has 0 aliphatic carbocycles. The SMILES string of the molecule is CC(=O)c1ccc(Cc2cc(C(O)=CC(=O)c3nn[nH]n3)cs2)cc1. The fourth-order valence-corrected chi connectivity index (χ4v) is 3.12. The normalized spacial score (nSPS) is 11.5. The van der Waals surface area contributed by atoms with Gasteiger partial charge in [0, 0.05) is 33.9 Å². The third-order valence-electron chi connectivity index (χ3n) is 3.52. The first kappa shape index (κ1) is 16.7. The van der Waals surface area contributed by atoms with Crippen molar-refractivity contribution in [3.05, 3.63) is 69.2 Å². The first-order valence-electron chi connectivity index (χ1n) is 7.39. The Morgan fingerprint density at radius 3 is 2.64 bits per heavy atom. The van der Waals surface area contributed by atoms with E-state index in [0.29, 0.717) is 17.5 Å². The molecule has 25 heavy (non-hydrogen) atoms. The third-order valence-corrected chi connectivity index (χ3v) is 4.46. The summed E-state index contributed by atoms with van der Waals surface area (Å²) in [5.41, 5.74) is 2.29. The van der Waals surface area contributed by atoms with Crippen LogP contribution in [0.3, 0.4) is 0 Å². The molecule has 0 unspecified atom stereocenters. The van der Waals surface area contributed by atoms with Crippen LogP contribution in [-0.4, -0.2) is 37.3 Å². The molecule has 2 aromatic heterocycles. The lowest BCUT2D eigenvalue weighted by Crippen LogP contribution is -1.99. The fourth-order valence-electron chi connectivity index (χ4n) is 2.20. The number of Topliss-reactive ketones (excluding diaryl/α,β-unsaturated/α-hetero) is 1. The Morgan fingerprint density at radius 1 is 1.24 bits per heavy atom. The number of hydrogen-bond acceptors (Lipinski definition) is 7. The summed E-state index contributed by atoms with van der Waals surface area (Å²) in [7, 11) is 0. The Morgan fingerprint density at radius 2 is 2.00 bits per heavy atom. The van der Waals surface area contributed by atoms with Gasteiger partial charge in [-0.1, -0.05) is 24.3 Å². The van der Waals surface area contributed by atoms with E-state index in [4.69, 9.17) is 0 Å². The molecule has 3 aromatic rings. The second-order valence-electron chi connectivity index (χ2n) is 5.36. The maximum Gasteiger partial charge on any atom is 0.244 e. The van der Waals surface area contributed by atoms with Crippen LogP contribution in [0.2, 0.25) is 0 Å². The van der Waals surface area contributed by atoms with Crippen molar-refractivity contribution in [1.82, 2.24) is 20.6 Å². The van der Waals surface area contributed by atoms with Gasteiger partial charge in [0.2, 0.25) is 11.6 Å². The first-order valence-corrected chi connectivity index (χ1v) is 8.27. The van der Waals surface area contributed by atoms with E-state index in [0.717, 1.165) is 16.5 Å². The number of carbonyl (C=O) groups is 2. The van der Waals surface area contributed by atoms with Crippen molar-refractivity contribution in [2.75, 3.05) is 0 Å². The van der Waals surface area contributed by atoms with Gasteiger partial charge in [0.15, 0.2) is 5.78 Å². The van der Waals surface area contributed by atoms with E-state index >= 15 is 0 Å². The van der Waals surface area contributed by atoms with Crippen LogP contribution in [0.4, 0.5) is 0 Å². The summed E-state index contributed by atoms with van der Waals surface area (Å²) in [6, 6.07) is 9.23. The van der Waals surface area contributed by atoms with Crippen LogP contribution in [-0.2, 0) is 6.42 Å². The molecule has 8 heteroatoms. The van der Waals surface area contributed by atoms with Crippen molar-refractivity contribution in [3.63, 3.8) is 0 Å². The number of thiophene rings is 1. The number of H-pyrrole nitrogens is 1. The highest BCUT2D eigenvalue weighted by Crippen LogP contribution is 2.23. The lowest BCUT2D eigenvalue weighted by atomic mass is 10.1. The van der Waals surface area contributed by atoms with Gasteiger partial charge in [-0.2, -0.15) is 5.21 Å². The zero-order chi connectivity index (χ0) is 17.8. The van der Waals surface area contributed by atoms with E-state index in [2.05, 4.69) is 20.6 Å². The van der Waals surface area contributed by atoms with Crippen molar-refractivity contribution in [2.45, 2.75) is 13.3 Å². The number of hydrogen-bond donors (Lipinski definition) is 2. The topological polar surface area (TPSA) is 109 Å². The number of aromatic nitrogens is 4. The van der Waals surface area contributed by atoms with Gasteiger partial charge in [0.05, 0.1) is 0 Å². The Balaban J connectivity index is 1.71. The van der Waals surface area contributed by atoms with Gasteiger partial charge in [0.25, 0.3) is 0 Å². The minimum Gasteiger partial charge on any atom is -0.507 e. The predicted octanol–water partition coefficient (Wildman–Crippen LogP) is 2.84. The van der Waals surface area contributed by atoms with Crippen LogP contribution in [0.5, 0.6) is 0 Å². The van der Waals surface area contributed by atoms with Gasteiger partial charge in [-0.05, 0) is 23.8 Å². The molecular weight excluding hydrogens is 340 g/mol. The quantitative estimate of drug-likeness (QED) is 0.400. The number of aliphatic hydroxyl groups is 1. The van der Waals surface area contributed by atoms with Gasteiger partial charge in [-0.3, -0.25) is 9.59 Å². The van der Waals surface area contributed by atoms with E-state index in [9.17, 15) is 14.7 Å². The van der Waals surface area contributed by atoms with Crippen LogP contribution >= 0.6 is 11.3 Å². The molecule has 126 valence electrons. The van der Waals surface area contributed by atoms with Gasteiger partial charge in [-0.25, -0.2) is 0 Å². The van der Waals surface area contributed by atoms with Crippen molar-refractivity contribution >= 4 is 28.7 Å². The number of allylic oxidation sites excluding steroid dienone is 1. The van der Waals surface area contributed by atoms with Crippen LogP contribution in [0.1, 0.15) is 43.9 Å². The highest BCUT2D eigenvalue weighted by atomic mass is 32.1. The number of carbonyl (C=O) groups excluding carboxylic acids is 2. The molecule has 2 heterocycles. The summed E-state index contributed by atoms with van der Waals surface area (Å²) in [5.74, 6) is -0.748. The molecule has 2 N–H and O–H groups in total. The average Bonchev–Trinajstić information content (AvgIpc) is 3.27. The molecule has 0 aliphatic rings. The molecule has 0 aliphatic heterocycles. The second-order valence-corrected chi connectivity index (χ2v) is 6.36. The molecule has 7 nitrogen and oxygen atoms in total. The molecular formula is C17H14N4O3S. The number of rotatable bonds is 6. The Bertz CT molecular complexity index is 927. The van der Waals surface area contributed by atoms with Crippen molar-refractivity contribution < 1.29 is 14.7 Å². The van der Waals surface area contributed by atoms with Gasteiger partial charge < -0.3 is 5.11 Å². The number of ketones is 2. The number of benzene rings is 1. The van der Waals surface area contributed by atoms with Crippen LogP contribution in [0.15, 0.2) is 41.8 Å². The molecule has 0 fully saturated rings.